The fraction of sp³-hybridized carbons (Fsp3) is 0.474. The SMILES string of the molecule is CCNC(=NCCc1csc(CC)n1)N(C)Cc1ccccc1OC.I. The molecule has 0 fully saturated rings. The molecule has 1 aromatic heterocycles. The highest BCUT2D eigenvalue weighted by Gasteiger charge is 2.10. The first-order valence-electron chi connectivity index (χ1n) is 8.72. The summed E-state index contributed by atoms with van der Waals surface area (Å²) in [5.41, 5.74) is 2.28. The normalized spacial score (nSPS) is 11.0. The second kappa shape index (κ2) is 12.1. The van der Waals surface area contributed by atoms with Crippen LogP contribution in [0.3, 0.4) is 0 Å². The van der Waals surface area contributed by atoms with E-state index in [1.807, 2.05) is 25.2 Å². The van der Waals surface area contributed by atoms with Crippen molar-refractivity contribution in [1.82, 2.24) is 15.2 Å². The van der Waals surface area contributed by atoms with Gasteiger partial charge in [0.15, 0.2) is 5.96 Å². The highest BCUT2D eigenvalue weighted by molar-refractivity contribution is 14.0. The van der Waals surface area contributed by atoms with Crippen LogP contribution in [0.4, 0.5) is 0 Å². The number of benzene rings is 1. The molecule has 0 unspecified atom stereocenters. The lowest BCUT2D eigenvalue weighted by molar-refractivity contribution is 0.396. The first kappa shape index (κ1) is 22.7. The van der Waals surface area contributed by atoms with E-state index >= 15 is 0 Å². The number of rotatable bonds is 8. The Balaban J connectivity index is 0.00000338. The molecule has 7 heteroatoms. The van der Waals surface area contributed by atoms with E-state index in [-0.39, 0.29) is 24.0 Å². The summed E-state index contributed by atoms with van der Waals surface area (Å²) in [6, 6.07) is 8.09. The number of aliphatic imine (C=N–C) groups is 1. The van der Waals surface area contributed by atoms with Crippen LogP contribution >= 0.6 is 35.3 Å². The maximum Gasteiger partial charge on any atom is 0.193 e. The van der Waals surface area contributed by atoms with Crippen LogP contribution < -0.4 is 10.1 Å². The fourth-order valence-corrected chi connectivity index (χ4v) is 3.32. The van der Waals surface area contributed by atoms with Gasteiger partial charge in [-0.2, -0.15) is 0 Å². The molecule has 0 saturated heterocycles. The van der Waals surface area contributed by atoms with Crippen LogP contribution in [0.25, 0.3) is 0 Å². The summed E-state index contributed by atoms with van der Waals surface area (Å²) in [7, 11) is 3.75. The van der Waals surface area contributed by atoms with Gasteiger partial charge in [-0.15, -0.1) is 35.3 Å². The van der Waals surface area contributed by atoms with E-state index in [2.05, 4.69) is 40.5 Å². The molecular formula is C19H29IN4OS. The van der Waals surface area contributed by atoms with Crippen LogP contribution in [-0.4, -0.2) is 43.1 Å². The number of nitrogens with zero attached hydrogens (tertiary/aromatic N) is 3. The molecule has 0 aliphatic heterocycles. The van der Waals surface area contributed by atoms with Crippen molar-refractivity contribution in [3.63, 3.8) is 0 Å². The average Bonchev–Trinajstić information content (AvgIpc) is 3.09. The molecule has 1 N–H and O–H groups in total. The Hall–Kier alpha value is -1.35. The summed E-state index contributed by atoms with van der Waals surface area (Å²) >= 11 is 1.73. The van der Waals surface area contributed by atoms with Gasteiger partial charge in [-0.3, -0.25) is 4.99 Å². The maximum atomic E-state index is 5.44. The van der Waals surface area contributed by atoms with Crippen molar-refractivity contribution in [2.45, 2.75) is 33.2 Å². The van der Waals surface area contributed by atoms with Crippen molar-refractivity contribution in [2.24, 2.45) is 4.99 Å². The summed E-state index contributed by atoms with van der Waals surface area (Å²) in [5, 5.41) is 6.69. The van der Waals surface area contributed by atoms with Gasteiger partial charge in [-0.1, -0.05) is 25.1 Å². The Morgan fingerprint density at radius 2 is 2.08 bits per heavy atom. The largest absolute Gasteiger partial charge is 0.496 e. The van der Waals surface area contributed by atoms with Crippen molar-refractivity contribution in [3.8, 4) is 5.75 Å². The molecule has 0 atom stereocenters. The van der Waals surface area contributed by atoms with Crippen molar-refractivity contribution in [3.05, 3.63) is 45.9 Å². The van der Waals surface area contributed by atoms with Crippen molar-refractivity contribution in [2.75, 3.05) is 27.2 Å². The quantitative estimate of drug-likeness (QED) is 0.347. The van der Waals surface area contributed by atoms with Crippen LogP contribution in [0.5, 0.6) is 5.75 Å². The number of guanidine groups is 1. The summed E-state index contributed by atoms with van der Waals surface area (Å²) in [4.78, 5) is 11.5. The number of hydrogen-bond acceptors (Lipinski definition) is 4. The average molecular weight is 488 g/mol. The Kier molecular flexibility index (Phi) is 10.6. The lowest BCUT2D eigenvalue weighted by Gasteiger charge is -2.23. The lowest BCUT2D eigenvalue weighted by atomic mass is 10.2. The molecule has 0 saturated carbocycles. The molecule has 2 rings (SSSR count). The monoisotopic (exact) mass is 488 g/mol. The molecule has 0 spiro atoms. The number of methoxy groups -OCH3 is 1. The minimum atomic E-state index is 0. The van der Waals surface area contributed by atoms with Gasteiger partial charge in [-0.25, -0.2) is 4.98 Å². The van der Waals surface area contributed by atoms with Crippen LogP contribution in [-0.2, 0) is 19.4 Å². The molecule has 0 aliphatic carbocycles. The number of thiazole rings is 1. The van der Waals surface area contributed by atoms with Gasteiger partial charge in [-0.05, 0) is 19.4 Å². The van der Waals surface area contributed by atoms with Crippen LogP contribution in [0.1, 0.15) is 30.1 Å². The summed E-state index contributed by atoms with van der Waals surface area (Å²) in [6.07, 6.45) is 1.87. The third-order valence-corrected chi connectivity index (χ3v) is 4.87. The van der Waals surface area contributed by atoms with Crippen molar-refractivity contribution in [1.29, 1.82) is 0 Å². The molecule has 0 aliphatic rings. The van der Waals surface area contributed by atoms with E-state index in [0.717, 1.165) is 55.4 Å². The second-order valence-corrected chi connectivity index (χ2v) is 6.68. The molecule has 5 nitrogen and oxygen atoms in total. The molecule has 144 valence electrons. The highest BCUT2D eigenvalue weighted by Crippen LogP contribution is 2.18. The Labute approximate surface area is 177 Å². The van der Waals surface area contributed by atoms with E-state index < -0.39 is 0 Å². The number of ether oxygens (including phenoxy) is 1. The summed E-state index contributed by atoms with van der Waals surface area (Å²) < 4.78 is 5.44. The Bertz CT molecular complexity index is 690. The minimum Gasteiger partial charge on any atom is -0.496 e. The topological polar surface area (TPSA) is 49.8 Å². The van der Waals surface area contributed by atoms with E-state index in [9.17, 15) is 0 Å². The first-order valence-corrected chi connectivity index (χ1v) is 9.60. The zero-order chi connectivity index (χ0) is 18.1. The number of halogens is 1. The van der Waals surface area contributed by atoms with Gasteiger partial charge in [0.2, 0.25) is 0 Å². The Morgan fingerprint density at radius 3 is 2.73 bits per heavy atom. The van der Waals surface area contributed by atoms with Gasteiger partial charge in [0.25, 0.3) is 0 Å². The van der Waals surface area contributed by atoms with Gasteiger partial charge in [0.05, 0.1) is 17.8 Å². The van der Waals surface area contributed by atoms with Gasteiger partial charge in [0.1, 0.15) is 5.75 Å². The predicted molar refractivity (Wildman–Crippen MR) is 121 cm³/mol. The van der Waals surface area contributed by atoms with Gasteiger partial charge >= 0.3 is 0 Å². The lowest BCUT2D eigenvalue weighted by Crippen LogP contribution is -2.38. The van der Waals surface area contributed by atoms with Crippen LogP contribution in [0.2, 0.25) is 0 Å². The number of aromatic nitrogens is 1. The number of para-hydroxylation sites is 1. The third-order valence-electron chi connectivity index (χ3n) is 3.83. The molecule has 2 aromatic rings. The number of hydrogen-bond donors (Lipinski definition) is 1. The number of aryl methyl sites for hydroxylation is 1. The molecule has 0 amide bonds. The first-order chi connectivity index (χ1) is 12.2. The van der Waals surface area contributed by atoms with Crippen molar-refractivity contribution < 1.29 is 4.74 Å². The van der Waals surface area contributed by atoms with Gasteiger partial charge in [0, 0.05) is 44.0 Å². The second-order valence-electron chi connectivity index (χ2n) is 5.74. The Morgan fingerprint density at radius 1 is 1.31 bits per heavy atom. The smallest absolute Gasteiger partial charge is 0.193 e. The predicted octanol–water partition coefficient (Wildman–Crippen LogP) is 3.97. The van der Waals surface area contributed by atoms with Gasteiger partial charge < -0.3 is 15.0 Å². The van der Waals surface area contributed by atoms with E-state index in [1.54, 1.807) is 18.4 Å². The molecule has 1 heterocycles. The molecule has 0 bridgehead atoms. The highest BCUT2D eigenvalue weighted by atomic mass is 127. The number of nitrogens with one attached hydrogen (secondary N) is 1. The molecule has 26 heavy (non-hydrogen) atoms. The van der Waals surface area contributed by atoms with E-state index in [0.29, 0.717) is 0 Å². The maximum absolute atomic E-state index is 5.44. The zero-order valence-electron chi connectivity index (χ0n) is 16.0. The van der Waals surface area contributed by atoms with Crippen LogP contribution in [0.15, 0.2) is 34.6 Å². The fourth-order valence-electron chi connectivity index (χ4n) is 2.54. The summed E-state index contributed by atoms with van der Waals surface area (Å²) in [5.74, 6) is 1.80. The van der Waals surface area contributed by atoms with Crippen LogP contribution in [0, 0.1) is 0 Å². The molecule has 1 aromatic carbocycles. The third kappa shape index (κ3) is 6.75. The molecular weight excluding hydrogens is 459 g/mol. The standard InChI is InChI=1S/C19H28N4OS.HI/c1-5-18-22-16(14-25-18)11-12-21-19(20-6-2)23(3)13-15-9-7-8-10-17(15)24-4;/h7-10,14H,5-6,11-13H2,1-4H3,(H,20,21);1H. The van der Waals surface area contributed by atoms with E-state index in [1.165, 1.54) is 5.01 Å². The minimum absolute atomic E-state index is 0. The zero-order valence-corrected chi connectivity index (χ0v) is 19.1. The summed E-state index contributed by atoms with van der Waals surface area (Å²) in [6.45, 7) is 6.53. The van der Waals surface area contributed by atoms with Crippen molar-refractivity contribution >= 4 is 41.3 Å². The molecule has 0 radical (unpaired) electrons. The van der Waals surface area contributed by atoms with E-state index in [4.69, 9.17) is 9.73 Å².